The Labute approximate surface area is 357 Å². The molecule has 3 aliphatic rings. The number of carbonyl (C=O) groups is 5. The van der Waals surface area contributed by atoms with Crippen LogP contribution in [0, 0.1) is 0 Å². The summed E-state index contributed by atoms with van der Waals surface area (Å²) in [7, 11) is 0. The summed E-state index contributed by atoms with van der Waals surface area (Å²) in [5.74, 6) is -0.550. The minimum atomic E-state index is -1.03. The average Bonchev–Trinajstić information content (AvgIpc) is 3.80. The summed E-state index contributed by atoms with van der Waals surface area (Å²) in [6.45, 7) is 6.94. The molecule has 2 atom stereocenters. The van der Waals surface area contributed by atoms with Crippen molar-refractivity contribution >= 4 is 52.1 Å². The number of rotatable bonds is 17. The quantitative estimate of drug-likeness (QED) is 0.0646. The molecule has 320 valence electrons. The van der Waals surface area contributed by atoms with Crippen LogP contribution in [0.25, 0.3) is 22.3 Å². The number of piperidine rings is 2. The van der Waals surface area contributed by atoms with Gasteiger partial charge < -0.3 is 30.2 Å². The van der Waals surface area contributed by atoms with Gasteiger partial charge in [-0.05, 0) is 80.6 Å². The highest BCUT2D eigenvalue weighted by Gasteiger charge is 2.45. The number of likely N-dealkylation sites (tertiary alicyclic amines) is 1. The number of nitrogen functional groups attached to an aromatic ring is 1. The maximum absolute atomic E-state index is 13.6. The van der Waals surface area contributed by atoms with E-state index in [-0.39, 0.29) is 35.9 Å². The number of para-hydroxylation sites is 1. The van der Waals surface area contributed by atoms with Crippen molar-refractivity contribution in [3.63, 3.8) is 0 Å². The van der Waals surface area contributed by atoms with Crippen LogP contribution in [0.4, 0.5) is 11.5 Å². The third-order valence-corrected chi connectivity index (χ3v) is 11.1. The van der Waals surface area contributed by atoms with Gasteiger partial charge in [-0.25, -0.2) is 14.6 Å². The third kappa shape index (κ3) is 8.89. The molecule has 4 N–H and O–H groups in total. The van der Waals surface area contributed by atoms with E-state index in [1.54, 1.807) is 18.2 Å². The van der Waals surface area contributed by atoms with Crippen LogP contribution in [0.2, 0.25) is 0 Å². The number of nitrogens with one attached hydrogen (secondary N) is 2. The molecule has 5 aromatic rings. The molecule has 5 heterocycles. The van der Waals surface area contributed by atoms with Gasteiger partial charge >= 0.3 is 0 Å². The minimum Gasteiger partial charge on any atom is -0.457 e. The van der Waals surface area contributed by atoms with Crippen LogP contribution in [0.1, 0.15) is 65.3 Å². The topological polar surface area (TPSA) is 213 Å². The zero-order valence-corrected chi connectivity index (χ0v) is 34.1. The molecule has 0 spiro atoms. The van der Waals surface area contributed by atoms with Crippen LogP contribution in [0.15, 0.2) is 91.3 Å². The zero-order valence-electron chi connectivity index (χ0n) is 34.1. The van der Waals surface area contributed by atoms with Crippen molar-refractivity contribution in [2.75, 3.05) is 57.1 Å². The number of fused-ring (bicyclic) bond motifs is 2. The van der Waals surface area contributed by atoms with Gasteiger partial charge in [-0.2, -0.15) is 5.10 Å². The van der Waals surface area contributed by atoms with Crippen LogP contribution < -0.4 is 21.1 Å². The molecule has 62 heavy (non-hydrogen) atoms. The normalized spacial score (nSPS) is 17.6. The molecule has 17 nitrogen and oxygen atoms in total. The number of nitrogens with zero attached hydrogens (tertiary/aromatic N) is 6. The van der Waals surface area contributed by atoms with E-state index in [1.807, 2.05) is 64.2 Å². The predicted molar refractivity (Wildman–Crippen MR) is 228 cm³/mol. The van der Waals surface area contributed by atoms with Gasteiger partial charge in [-0.1, -0.05) is 30.8 Å². The number of benzene rings is 3. The Morgan fingerprint density at radius 2 is 1.66 bits per heavy atom. The first-order valence-corrected chi connectivity index (χ1v) is 20.7. The monoisotopic (exact) mass is 841 g/mol. The van der Waals surface area contributed by atoms with Crippen molar-refractivity contribution < 1.29 is 38.2 Å². The van der Waals surface area contributed by atoms with Gasteiger partial charge in [0.2, 0.25) is 17.7 Å². The number of hydrogen-bond acceptors (Lipinski definition) is 13. The second-order valence-corrected chi connectivity index (χ2v) is 15.3. The largest absolute Gasteiger partial charge is 0.457 e. The highest BCUT2D eigenvalue weighted by molar-refractivity contribution is 6.25. The molecule has 5 amide bonds. The number of imide groups is 2. The molecule has 0 aliphatic carbocycles. The Balaban J connectivity index is 0.763. The van der Waals surface area contributed by atoms with Gasteiger partial charge in [0.25, 0.3) is 11.8 Å². The van der Waals surface area contributed by atoms with Crippen molar-refractivity contribution in [1.82, 2.24) is 34.9 Å². The van der Waals surface area contributed by atoms with Crippen molar-refractivity contribution in [1.29, 1.82) is 0 Å². The molecule has 0 saturated carbocycles. The molecule has 8 rings (SSSR count). The molecule has 2 fully saturated rings. The highest BCUT2D eigenvalue weighted by atomic mass is 16.5. The summed E-state index contributed by atoms with van der Waals surface area (Å²) in [5.41, 5.74) is 9.88. The zero-order chi connectivity index (χ0) is 43.2. The summed E-state index contributed by atoms with van der Waals surface area (Å²) in [5, 5.41) is 11.0. The van der Waals surface area contributed by atoms with Gasteiger partial charge in [0.05, 0.1) is 42.4 Å². The Morgan fingerprint density at radius 3 is 2.45 bits per heavy atom. The number of anilines is 2. The maximum atomic E-state index is 13.6. The number of aromatic nitrogens is 4. The van der Waals surface area contributed by atoms with Gasteiger partial charge in [0.1, 0.15) is 35.4 Å². The van der Waals surface area contributed by atoms with E-state index in [1.165, 1.54) is 6.33 Å². The molecular weight excluding hydrogens is 795 g/mol. The van der Waals surface area contributed by atoms with Crippen LogP contribution >= 0.6 is 0 Å². The molecule has 3 aliphatic heterocycles. The third-order valence-electron chi connectivity index (χ3n) is 11.1. The summed E-state index contributed by atoms with van der Waals surface area (Å²) in [6, 6.07) is 20.9. The molecule has 0 bridgehead atoms. The average molecular weight is 842 g/mol. The van der Waals surface area contributed by atoms with Crippen LogP contribution in [0.5, 0.6) is 11.5 Å². The standard InChI is InChI=1S/C45H47N9O8/c1-28(8-7-22-60-24-25-61-23-20-47-34-13-5-12-33-37(34)45(59)53(44(33)58)35-18-19-36(55)50-42(35)56)43(57)52-21-6-9-30(26-52)54-41-38(40(46)48-27-49-41)39(51-54)29-14-16-32(17-15-29)62-31-10-3-2-4-11-31/h2-5,10-17,27,30,35,47H,1,6-9,18-26H2,(H2,46,48,49)(H,50,55,56). The van der Waals surface area contributed by atoms with E-state index in [0.717, 1.165) is 29.1 Å². The fourth-order valence-corrected chi connectivity index (χ4v) is 8.06. The first kappa shape index (κ1) is 41.7. The van der Waals surface area contributed by atoms with Crippen LogP contribution in [-0.2, 0) is 23.9 Å². The Kier molecular flexibility index (Phi) is 12.6. The maximum Gasteiger partial charge on any atom is 0.264 e. The summed E-state index contributed by atoms with van der Waals surface area (Å²) in [4.78, 5) is 75.5. The minimum absolute atomic E-state index is 0.0524. The van der Waals surface area contributed by atoms with Gasteiger partial charge in [0.15, 0.2) is 5.65 Å². The Morgan fingerprint density at radius 1 is 0.887 bits per heavy atom. The van der Waals surface area contributed by atoms with Crippen molar-refractivity contribution in [3.8, 4) is 22.8 Å². The molecule has 2 saturated heterocycles. The second kappa shape index (κ2) is 18.7. The predicted octanol–water partition coefficient (Wildman–Crippen LogP) is 4.91. The Hall–Kier alpha value is -6.98. The molecule has 2 unspecified atom stereocenters. The first-order chi connectivity index (χ1) is 30.2. The molecular formula is C45H47N9O8. The van der Waals surface area contributed by atoms with Crippen molar-refractivity contribution in [2.24, 2.45) is 0 Å². The fourth-order valence-electron chi connectivity index (χ4n) is 8.06. The van der Waals surface area contributed by atoms with Crippen LogP contribution in [0.3, 0.4) is 0 Å². The number of amides is 5. The summed E-state index contributed by atoms with van der Waals surface area (Å²) in [6.07, 6.45) is 4.28. The molecule has 0 radical (unpaired) electrons. The lowest BCUT2D eigenvalue weighted by atomic mass is 10.0. The van der Waals surface area contributed by atoms with Gasteiger partial charge in [-0.15, -0.1) is 0 Å². The number of hydrogen-bond donors (Lipinski definition) is 3. The Bertz CT molecular complexity index is 2510. The van der Waals surface area contributed by atoms with Gasteiger partial charge in [0, 0.05) is 49.5 Å². The van der Waals surface area contributed by atoms with E-state index in [4.69, 9.17) is 25.0 Å². The second-order valence-electron chi connectivity index (χ2n) is 15.3. The fraction of sp³-hybridized carbons (Fsp3) is 0.333. The van der Waals surface area contributed by atoms with E-state index in [9.17, 15) is 24.0 Å². The number of nitrogens with two attached hydrogens (primary N) is 1. The smallest absolute Gasteiger partial charge is 0.264 e. The van der Waals surface area contributed by atoms with E-state index in [0.29, 0.717) is 98.5 Å². The molecule has 2 aromatic heterocycles. The molecule has 17 heteroatoms. The van der Waals surface area contributed by atoms with E-state index < -0.39 is 29.7 Å². The van der Waals surface area contributed by atoms with Gasteiger partial charge in [-0.3, -0.25) is 34.2 Å². The molecule has 3 aromatic carbocycles. The SMILES string of the molecule is C=C(CCCOCCOCCNc1cccc2c1C(=O)N(C1CCC(=O)NC1=O)C2=O)C(=O)N1CCCC(n2nc(-c3ccc(Oc4ccccc4)cc3)c3c(N)ncnc32)C1. The highest BCUT2D eigenvalue weighted by Crippen LogP contribution is 2.36. The lowest BCUT2D eigenvalue weighted by Crippen LogP contribution is -2.54. The summed E-state index contributed by atoms with van der Waals surface area (Å²) < 4.78 is 19.3. The lowest BCUT2D eigenvalue weighted by Gasteiger charge is -2.33. The van der Waals surface area contributed by atoms with E-state index >= 15 is 0 Å². The number of carbonyl (C=O) groups excluding carboxylic acids is 5. The lowest BCUT2D eigenvalue weighted by molar-refractivity contribution is -0.136. The van der Waals surface area contributed by atoms with E-state index in [2.05, 4.69) is 27.2 Å². The van der Waals surface area contributed by atoms with Crippen molar-refractivity contribution in [3.05, 3.63) is 102 Å². The summed E-state index contributed by atoms with van der Waals surface area (Å²) >= 11 is 0. The first-order valence-electron chi connectivity index (χ1n) is 20.7. The van der Waals surface area contributed by atoms with Crippen LogP contribution in [-0.4, -0.2) is 111 Å². The van der Waals surface area contributed by atoms with Crippen molar-refractivity contribution in [2.45, 2.75) is 50.6 Å². The number of ether oxygens (including phenoxy) is 3.